The minimum atomic E-state index is -3.58. The fourth-order valence-corrected chi connectivity index (χ4v) is 4.25. The number of hydrogen-bond acceptors (Lipinski definition) is 3. The number of halogens is 1. The molecule has 118 valence electrons. The van der Waals surface area contributed by atoms with Gasteiger partial charge in [0.15, 0.2) is 11.6 Å². The maximum absolute atomic E-state index is 14.0. The summed E-state index contributed by atoms with van der Waals surface area (Å²) in [5.74, 6) is -0.318. The molecule has 21 heavy (non-hydrogen) atoms. The predicted molar refractivity (Wildman–Crippen MR) is 80.1 cm³/mol. The summed E-state index contributed by atoms with van der Waals surface area (Å²) in [6.07, 6.45) is 4.49. The van der Waals surface area contributed by atoms with Crippen molar-refractivity contribution in [3.63, 3.8) is 0 Å². The number of benzene rings is 1. The van der Waals surface area contributed by atoms with Gasteiger partial charge in [-0.05, 0) is 31.4 Å². The number of ether oxygens (including phenoxy) is 1. The molecule has 0 amide bonds. The number of hydrogen-bond donors (Lipinski definition) is 1. The summed E-state index contributed by atoms with van der Waals surface area (Å²) in [4.78, 5) is 0. The highest BCUT2D eigenvalue weighted by Gasteiger charge is 2.36. The molecule has 0 aromatic heterocycles. The molecule has 1 aromatic rings. The van der Waals surface area contributed by atoms with E-state index in [1.54, 1.807) is 25.1 Å². The first kappa shape index (κ1) is 16.2. The number of aryl methyl sites for hydroxylation is 1. The Balaban J connectivity index is 2.14. The highest BCUT2D eigenvalue weighted by molar-refractivity contribution is 7.89. The Hall–Kier alpha value is -1.14. The molecule has 1 aliphatic rings. The van der Waals surface area contributed by atoms with Gasteiger partial charge in [0.1, 0.15) is 0 Å². The van der Waals surface area contributed by atoms with Crippen molar-refractivity contribution >= 4 is 10.0 Å². The minimum absolute atomic E-state index is 0.104. The zero-order valence-corrected chi connectivity index (χ0v) is 13.1. The molecule has 0 spiro atoms. The van der Waals surface area contributed by atoms with Gasteiger partial charge >= 0.3 is 0 Å². The van der Waals surface area contributed by atoms with Gasteiger partial charge in [0, 0.05) is 5.41 Å². The van der Waals surface area contributed by atoms with Gasteiger partial charge in [-0.1, -0.05) is 31.4 Å². The Morgan fingerprint density at radius 3 is 2.57 bits per heavy atom. The maximum atomic E-state index is 14.0. The van der Waals surface area contributed by atoms with Crippen LogP contribution in [0.3, 0.4) is 0 Å². The first-order chi connectivity index (χ1) is 9.81. The van der Waals surface area contributed by atoms with Gasteiger partial charge in [-0.2, -0.15) is 0 Å². The summed E-state index contributed by atoms with van der Waals surface area (Å²) in [6.45, 7) is 1.85. The van der Waals surface area contributed by atoms with Crippen LogP contribution in [0.5, 0.6) is 5.75 Å². The average molecular weight is 315 g/mol. The van der Waals surface area contributed by atoms with E-state index in [9.17, 15) is 12.8 Å². The summed E-state index contributed by atoms with van der Waals surface area (Å²) in [7, 11) is -3.58. The summed E-state index contributed by atoms with van der Waals surface area (Å²) in [6, 6.07) is 4.96. The van der Waals surface area contributed by atoms with E-state index in [0.717, 1.165) is 32.1 Å². The number of sulfonamides is 1. The summed E-state index contributed by atoms with van der Waals surface area (Å²) < 4.78 is 42.5. The van der Waals surface area contributed by atoms with Gasteiger partial charge < -0.3 is 4.74 Å². The standard InChI is InChI=1S/C15H22FNO3S/c1-12-6-5-7-13(14(12)16)20-10-15(11-21(17,18)19)8-3-2-4-9-15/h5-7H,2-4,8-11H2,1H3,(H2,17,18,19). The first-order valence-corrected chi connectivity index (χ1v) is 8.91. The fraction of sp³-hybridized carbons (Fsp3) is 0.600. The van der Waals surface area contributed by atoms with E-state index in [4.69, 9.17) is 9.88 Å². The summed E-state index contributed by atoms with van der Waals surface area (Å²) >= 11 is 0. The molecule has 0 bridgehead atoms. The molecule has 2 rings (SSSR count). The highest BCUT2D eigenvalue weighted by Crippen LogP contribution is 2.38. The van der Waals surface area contributed by atoms with Crippen molar-refractivity contribution in [3.8, 4) is 5.75 Å². The molecule has 4 nitrogen and oxygen atoms in total. The van der Waals surface area contributed by atoms with E-state index in [2.05, 4.69) is 0 Å². The Kier molecular flexibility index (Phi) is 4.88. The van der Waals surface area contributed by atoms with Gasteiger partial charge in [-0.15, -0.1) is 0 Å². The maximum Gasteiger partial charge on any atom is 0.209 e. The second-order valence-electron chi connectivity index (χ2n) is 6.04. The molecule has 0 saturated heterocycles. The topological polar surface area (TPSA) is 69.4 Å². The van der Waals surface area contributed by atoms with E-state index < -0.39 is 15.4 Å². The van der Waals surface area contributed by atoms with Crippen LogP contribution in [0.2, 0.25) is 0 Å². The molecular weight excluding hydrogens is 293 g/mol. The van der Waals surface area contributed by atoms with Crippen molar-refractivity contribution in [1.29, 1.82) is 0 Å². The lowest BCUT2D eigenvalue weighted by Crippen LogP contribution is -2.40. The van der Waals surface area contributed by atoms with Crippen LogP contribution in [0.1, 0.15) is 37.7 Å². The second kappa shape index (κ2) is 6.32. The van der Waals surface area contributed by atoms with E-state index in [1.807, 2.05) is 0 Å². The zero-order valence-electron chi connectivity index (χ0n) is 12.3. The summed E-state index contributed by atoms with van der Waals surface area (Å²) in [5.41, 5.74) is 0.0128. The minimum Gasteiger partial charge on any atom is -0.490 e. The molecule has 0 heterocycles. The molecule has 0 unspecified atom stereocenters. The third-order valence-electron chi connectivity index (χ3n) is 4.11. The number of nitrogens with two attached hydrogens (primary N) is 1. The highest BCUT2D eigenvalue weighted by atomic mass is 32.2. The lowest BCUT2D eigenvalue weighted by Gasteiger charge is -2.36. The van der Waals surface area contributed by atoms with Gasteiger partial charge in [-0.25, -0.2) is 17.9 Å². The molecule has 1 aromatic carbocycles. The van der Waals surface area contributed by atoms with Crippen molar-refractivity contribution in [1.82, 2.24) is 0 Å². The number of rotatable bonds is 5. The van der Waals surface area contributed by atoms with Crippen LogP contribution in [-0.2, 0) is 10.0 Å². The van der Waals surface area contributed by atoms with Crippen LogP contribution in [0.15, 0.2) is 18.2 Å². The van der Waals surface area contributed by atoms with Crippen LogP contribution in [0.25, 0.3) is 0 Å². The van der Waals surface area contributed by atoms with E-state index in [1.165, 1.54) is 0 Å². The monoisotopic (exact) mass is 315 g/mol. The molecule has 0 aliphatic heterocycles. The lowest BCUT2D eigenvalue weighted by molar-refractivity contribution is 0.115. The van der Waals surface area contributed by atoms with Crippen molar-refractivity contribution < 1.29 is 17.5 Å². The van der Waals surface area contributed by atoms with E-state index in [0.29, 0.717) is 5.56 Å². The molecule has 1 saturated carbocycles. The fourth-order valence-electron chi connectivity index (χ4n) is 3.02. The Morgan fingerprint density at radius 2 is 1.95 bits per heavy atom. The Morgan fingerprint density at radius 1 is 1.29 bits per heavy atom. The zero-order chi connectivity index (χ0) is 15.5. The molecule has 1 fully saturated rings. The first-order valence-electron chi connectivity index (χ1n) is 7.20. The smallest absolute Gasteiger partial charge is 0.209 e. The Labute approximate surface area is 125 Å². The van der Waals surface area contributed by atoms with Crippen molar-refractivity contribution in [3.05, 3.63) is 29.6 Å². The SMILES string of the molecule is Cc1cccc(OCC2(CS(N)(=O)=O)CCCCC2)c1F. The van der Waals surface area contributed by atoms with Crippen LogP contribution >= 0.6 is 0 Å². The molecule has 1 aliphatic carbocycles. The molecule has 2 N–H and O–H groups in total. The van der Waals surface area contributed by atoms with E-state index in [-0.39, 0.29) is 23.9 Å². The largest absolute Gasteiger partial charge is 0.490 e. The summed E-state index contributed by atoms with van der Waals surface area (Å²) in [5, 5.41) is 5.22. The van der Waals surface area contributed by atoms with Gasteiger partial charge in [0.2, 0.25) is 10.0 Å². The van der Waals surface area contributed by atoms with Crippen LogP contribution < -0.4 is 9.88 Å². The van der Waals surface area contributed by atoms with Crippen LogP contribution in [0, 0.1) is 18.2 Å². The van der Waals surface area contributed by atoms with Gasteiger partial charge in [0.25, 0.3) is 0 Å². The Bertz CT molecular complexity index is 595. The van der Waals surface area contributed by atoms with Crippen molar-refractivity contribution in [2.45, 2.75) is 39.0 Å². The van der Waals surface area contributed by atoms with E-state index >= 15 is 0 Å². The molecular formula is C15H22FNO3S. The van der Waals surface area contributed by atoms with Crippen LogP contribution in [-0.4, -0.2) is 20.8 Å². The lowest BCUT2D eigenvalue weighted by atomic mass is 9.76. The van der Waals surface area contributed by atoms with Crippen molar-refractivity contribution in [2.75, 3.05) is 12.4 Å². The third-order valence-corrected chi connectivity index (χ3v) is 5.13. The molecule has 6 heteroatoms. The number of primary sulfonamides is 1. The third kappa shape index (κ3) is 4.41. The molecule has 0 atom stereocenters. The van der Waals surface area contributed by atoms with Crippen LogP contribution in [0.4, 0.5) is 4.39 Å². The quantitative estimate of drug-likeness (QED) is 0.908. The van der Waals surface area contributed by atoms with Gasteiger partial charge in [-0.3, -0.25) is 0 Å². The predicted octanol–water partition coefficient (Wildman–Crippen LogP) is 2.75. The normalized spacial score (nSPS) is 18.4. The van der Waals surface area contributed by atoms with Gasteiger partial charge in [0.05, 0.1) is 12.4 Å². The van der Waals surface area contributed by atoms with Crippen molar-refractivity contribution in [2.24, 2.45) is 10.6 Å². The second-order valence-corrected chi connectivity index (χ2v) is 7.66. The molecule has 0 radical (unpaired) electrons. The average Bonchev–Trinajstić information content (AvgIpc) is 2.40.